The van der Waals surface area contributed by atoms with E-state index in [1.165, 1.54) is 11.3 Å². The Bertz CT molecular complexity index is 840. The molecule has 7 nitrogen and oxygen atoms in total. The average Bonchev–Trinajstić information content (AvgIpc) is 3.23. The van der Waals surface area contributed by atoms with Crippen LogP contribution < -0.4 is 10.1 Å². The van der Waals surface area contributed by atoms with Crippen LogP contribution in [-0.4, -0.2) is 47.1 Å². The van der Waals surface area contributed by atoms with Crippen LogP contribution in [-0.2, 0) is 11.3 Å². The second-order valence-corrected chi connectivity index (χ2v) is 9.13. The highest BCUT2D eigenvalue weighted by molar-refractivity contribution is 7.07. The minimum absolute atomic E-state index is 0.00709. The third kappa shape index (κ3) is 6.73. The number of piperidine rings is 1. The lowest BCUT2D eigenvalue weighted by molar-refractivity contribution is 0.0500. The molecule has 0 bridgehead atoms. The number of carbonyl (C=O) groups is 2. The van der Waals surface area contributed by atoms with Crippen LogP contribution in [0.15, 0.2) is 35.2 Å². The van der Waals surface area contributed by atoms with Gasteiger partial charge in [-0.2, -0.15) is 0 Å². The van der Waals surface area contributed by atoms with Crippen molar-refractivity contribution in [1.82, 2.24) is 15.2 Å². The molecule has 1 fully saturated rings. The molecule has 1 aliphatic rings. The van der Waals surface area contributed by atoms with Crippen LogP contribution in [0.3, 0.4) is 0 Å². The van der Waals surface area contributed by atoms with Crippen molar-refractivity contribution >= 4 is 23.3 Å². The molecule has 0 atom stereocenters. The standard InChI is InChI=1S/C22H29N3O4S/c1-22(2,3)29-21(27)23-12-16-7-9-25(10-8-16)20(26)17-5-4-6-19(11-17)28-13-18-14-30-15-24-18/h4-6,11,14-16H,7-10,12-13H2,1-3H3,(H,23,27). The molecule has 1 aromatic heterocycles. The summed E-state index contributed by atoms with van der Waals surface area (Å²) in [4.78, 5) is 30.8. The van der Waals surface area contributed by atoms with E-state index < -0.39 is 11.7 Å². The van der Waals surface area contributed by atoms with Gasteiger partial charge in [-0.25, -0.2) is 9.78 Å². The second-order valence-electron chi connectivity index (χ2n) is 8.41. The number of ether oxygens (including phenoxy) is 2. The van der Waals surface area contributed by atoms with E-state index in [1.807, 2.05) is 49.3 Å². The second kappa shape index (κ2) is 9.93. The van der Waals surface area contributed by atoms with E-state index in [-0.39, 0.29) is 5.91 Å². The van der Waals surface area contributed by atoms with E-state index in [0.717, 1.165) is 18.5 Å². The Balaban J connectivity index is 1.45. The highest BCUT2D eigenvalue weighted by Crippen LogP contribution is 2.21. The van der Waals surface area contributed by atoms with Gasteiger partial charge in [-0.1, -0.05) is 6.07 Å². The van der Waals surface area contributed by atoms with Crippen LogP contribution in [0.2, 0.25) is 0 Å². The zero-order chi connectivity index (χ0) is 21.6. The first-order chi connectivity index (χ1) is 14.3. The number of hydrogen-bond acceptors (Lipinski definition) is 6. The number of nitrogens with zero attached hydrogens (tertiary/aromatic N) is 2. The smallest absolute Gasteiger partial charge is 0.407 e. The lowest BCUT2D eigenvalue weighted by atomic mass is 9.96. The summed E-state index contributed by atoms with van der Waals surface area (Å²) in [7, 11) is 0. The van der Waals surface area contributed by atoms with Crippen LogP contribution in [0, 0.1) is 5.92 Å². The third-order valence-corrected chi connectivity index (χ3v) is 5.42. The Morgan fingerprint density at radius 2 is 2.03 bits per heavy atom. The van der Waals surface area contributed by atoms with E-state index in [1.54, 1.807) is 11.6 Å². The molecule has 1 aliphatic heterocycles. The van der Waals surface area contributed by atoms with E-state index in [4.69, 9.17) is 9.47 Å². The first kappa shape index (κ1) is 22.1. The lowest BCUT2D eigenvalue weighted by Gasteiger charge is -2.32. The molecule has 0 spiro atoms. The molecular formula is C22H29N3O4S. The number of hydrogen-bond donors (Lipinski definition) is 1. The van der Waals surface area contributed by atoms with E-state index >= 15 is 0 Å². The monoisotopic (exact) mass is 431 g/mol. The van der Waals surface area contributed by atoms with Crippen molar-refractivity contribution in [2.45, 2.75) is 45.8 Å². The number of rotatable bonds is 6. The summed E-state index contributed by atoms with van der Waals surface area (Å²) in [5, 5.41) is 4.77. The maximum Gasteiger partial charge on any atom is 0.407 e. The predicted octanol–water partition coefficient (Wildman–Crippen LogP) is 4.10. The third-order valence-electron chi connectivity index (χ3n) is 4.79. The zero-order valence-electron chi connectivity index (χ0n) is 17.7. The highest BCUT2D eigenvalue weighted by atomic mass is 32.1. The van der Waals surface area contributed by atoms with Gasteiger partial charge < -0.3 is 19.7 Å². The largest absolute Gasteiger partial charge is 0.487 e. The Morgan fingerprint density at radius 1 is 1.27 bits per heavy atom. The Kier molecular flexibility index (Phi) is 7.31. The van der Waals surface area contributed by atoms with E-state index in [2.05, 4.69) is 10.3 Å². The minimum Gasteiger partial charge on any atom is -0.487 e. The quantitative estimate of drug-likeness (QED) is 0.745. The molecule has 0 saturated carbocycles. The first-order valence-electron chi connectivity index (χ1n) is 10.2. The Morgan fingerprint density at radius 3 is 2.70 bits per heavy atom. The summed E-state index contributed by atoms with van der Waals surface area (Å²) in [5.74, 6) is 1.01. The number of nitrogens with one attached hydrogen (secondary N) is 1. The fourth-order valence-electron chi connectivity index (χ4n) is 3.25. The van der Waals surface area contributed by atoms with Gasteiger partial charge >= 0.3 is 6.09 Å². The molecule has 2 amide bonds. The number of thiazole rings is 1. The van der Waals surface area contributed by atoms with Crippen molar-refractivity contribution in [1.29, 1.82) is 0 Å². The van der Waals surface area contributed by atoms with Crippen LogP contribution in [0.4, 0.5) is 4.79 Å². The molecule has 162 valence electrons. The van der Waals surface area contributed by atoms with E-state index in [0.29, 0.717) is 43.5 Å². The summed E-state index contributed by atoms with van der Waals surface area (Å²) < 4.78 is 11.0. The van der Waals surface area contributed by atoms with Crippen molar-refractivity contribution in [3.05, 3.63) is 46.4 Å². The minimum atomic E-state index is -0.502. The summed E-state index contributed by atoms with van der Waals surface area (Å²) in [5.41, 5.74) is 2.76. The van der Waals surface area contributed by atoms with Crippen molar-refractivity contribution in [2.24, 2.45) is 5.92 Å². The average molecular weight is 432 g/mol. The zero-order valence-corrected chi connectivity index (χ0v) is 18.5. The maximum atomic E-state index is 12.9. The van der Waals surface area contributed by atoms with Gasteiger partial charge in [0, 0.05) is 30.6 Å². The molecule has 1 aromatic carbocycles. The summed E-state index contributed by atoms with van der Waals surface area (Å²) in [6.45, 7) is 7.82. The molecule has 2 aromatic rings. The SMILES string of the molecule is CC(C)(C)OC(=O)NCC1CCN(C(=O)c2cccc(OCc3cscn3)c2)CC1. The summed E-state index contributed by atoms with van der Waals surface area (Å²) in [6, 6.07) is 7.28. The number of alkyl carbamates (subject to hydrolysis) is 1. The molecule has 0 aliphatic carbocycles. The van der Waals surface area contributed by atoms with Gasteiger partial charge in [0.15, 0.2) is 0 Å². The van der Waals surface area contributed by atoms with Gasteiger partial charge in [0.1, 0.15) is 18.0 Å². The van der Waals surface area contributed by atoms with Crippen LogP contribution in [0.1, 0.15) is 49.7 Å². The van der Waals surface area contributed by atoms with Crippen LogP contribution in [0.5, 0.6) is 5.75 Å². The predicted molar refractivity (Wildman–Crippen MR) is 116 cm³/mol. The van der Waals surface area contributed by atoms with Gasteiger partial charge in [0.05, 0.1) is 11.2 Å². The molecular weight excluding hydrogens is 402 g/mol. The van der Waals surface area contributed by atoms with Crippen molar-refractivity contribution in [3.63, 3.8) is 0 Å². The molecule has 3 rings (SSSR count). The molecule has 1 N–H and O–H groups in total. The first-order valence-corrected chi connectivity index (χ1v) is 11.1. The summed E-state index contributed by atoms with van der Waals surface area (Å²) in [6.07, 6.45) is 1.30. The molecule has 0 unspecified atom stereocenters. The fraction of sp³-hybridized carbons (Fsp3) is 0.500. The fourth-order valence-corrected chi connectivity index (χ4v) is 3.79. The number of likely N-dealkylation sites (tertiary alicyclic amines) is 1. The Labute approximate surface area is 181 Å². The number of amides is 2. The van der Waals surface area contributed by atoms with Crippen molar-refractivity contribution in [2.75, 3.05) is 19.6 Å². The van der Waals surface area contributed by atoms with E-state index in [9.17, 15) is 9.59 Å². The normalized spacial score (nSPS) is 15.0. The van der Waals surface area contributed by atoms with Crippen LogP contribution in [0.25, 0.3) is 0 Å². The van der Waals surface area contributed by atoms with Gasteiger partial charge in [-0.15, -0.1) is 11.3 Å². The topological polar surface area (TPSA) is 80.8 Å². The maximum absolute atomic E-state index is 12.9. The molecule has 2 heterocycles. The lowest BCUT2D eigenvalue weighted by Crippen LogP contribution is -2.42. The highest BCUT2D eigenvalue weighted by Gasteiger charge is 2.25. The number of aromatic nitrogens is 1. The number of benzene rings is 1. The molecule has 30 heavy (non-hydrogen) atoms. The van der Waals surface area contributed by atoms with Crippen LogP contribution >= 0.6 is 11.3 Å². The number of carbonyl (C=O) groups excluding carboxylic acids is 2. The van der Waals surface area contributed by atoms with Gasteiger partial charge in [0.25, 0.3) is 5.91 Å². The van der Waals surface area contributed by atoms with Gasteiger partial charge in [-0.3, -0.25) is 4.79 Å². The van der Waals surface area contributed by atoms with Gasteiger partial charge in [0.2, 0.25) is 0 Å². The summed E-state index contributed by atoms with van der Waals surface area (Å²) >= 11 is 1.53. The van der Waals surface area contributed by atoms with Gasteiger partial charge in [-0.05, 0) is 57.7 Å². The Hall–Kier alpha value is -2.61. The van der Waals surface area contributed by atoms with Crippen molar-refractivity contribution < 1.29 is 19.1 Å². The van der Waals surface area contributed by atoms with Crippen molar-refractivity contribution in [3.8, 4) is 5.75 Å². The molecule has 1 saturated heterocycles. The molecule has 8 heteroatoms. The molecule has 0 radical (unpaired) electrons.